The van der Waals surface area contributed by atoms with Crippen molar-refractivity contribution in [1.29, 1.82) is 0 Å². The number of amides is 2. The number of anilines is 1. The number of carbonyl (C=O) groups is 1. The van der Waals surface area contributed by atoms with E-state index in [-0.39, 0.29) is 11.4 Å². The van der Waals surface area contributed by atoms with Crippen molar-refractivity contribution >= 4 is 34.1 Å². The predicted octanol–water partition coefficient (Wildman–Crippen LogP) is 4.46. The van der Waals surface area contributed by atoms with E-state index < -0.39 is 0 Å². The van der Waals surface area contributed by atoms with Crippen LogP contribution < -0.4 is 10.6 Å². The molecule has 2 N–H and O–H groups in total. The minimum absolute atomic E-state index is 0.0144. The molecular formula is C16H20ClN3OS. The van der Waals surface area contributed by atoms with Crippen LogP contribution in [-0.4, -0.2) is 17.6 Å². The molecule has 0 atom stereocenters. The molecule has 2 aromatic rings. The first kappa shape index (κ1) is 16.8. The zero-order valence-electron chi connectivity index (χ0n) is 12.9. The van der Waals surface area contributed by atoms with Crippen LogP contribution in [0.5, 0.6) is 0 Å². The van der Waals surface area contributed by atoms with E-state index in [0.29, 0.717) is 16.7 Å². The summed E-state index contributed by atoms with van der Waals surface area (Å²) in [4.78, 5) is 16.3. The Morgan fingerprint density at radius 1 is 1.36 bits per heavy atom. The summed E-state index contributed by atoms with van der Waals surface area (Å²) in [6.07, 6.45) is 0.735. The summed E-state index contributed by atoms with van der Waals surface area (Å²) in [5.74, 6) is 0. The molecule has 118 valence electrons. The molecule has 0 saturated carbocycles. The number of aromatic nitrogens is 1. The molecule has 2 amide bonds. The normalized spacial score (nSPS) is 11.3. The van der Waals surface area contributed by atoms with Crippen LogP contribution >= 0.6 is 22.9 Å². The number of benzene rings is 1. The summed E-state index contributed by atoms with van der Waals surface area (Å²) >= 11 is 7.36. The number of rotatable bonds is 4. The molecule has 0 radical (unpaired) electrons. The van der Waals surface area contributed by atoms with Gasteiger partial charge in [-0.25, -0.2) is 9.78 Å². The molecule has 2 rings (SSSR count). The Hall–Kier alpha value is -1.59. The molecule has 0 aliphatic carbocycles. The maximum atomic E-state index is 11.8. The van der Waals surface area contributed by atoms with E-state index in [1.807, 2.05) is 29.6 Å². The van der Waals surface area contributed by atoms with Crippen LogP contribution in [0.1, 0.15) is 32.0 Å². The molecule has 0 aliphatic heterocycles. The summed E-state index contributed by atoms with van der Waals surface area (Å²) in [6.45, 7) is 6.83. The second kappa shape index (κ2) is 7.11. The first-order chi connectivity index (χ1) is 10.3. The molecular weight excluding hydrogens is 318 g/mol. The van der Waals surface area contributed by atoms with E-state index in [2.05, 4.69) is 36.4 Å². The highest BCUT2D eigenvalue weighted by Gasteiger charge is 2.17. The Bertz CT molecular complexity index is 649. The number of carbonyl (C=O) groups excluding carboxylic acids is 1. The first-order valence-electron chi connectivity index (χ1n) is 7.10. The van der Waals surface area contributed by atoms with Gasteiger partial charge in [-0.05, 0) is 24.1 Å². The highest BCUT2D eigenvalue weighted by molar-refractivity contribution is 7.13. The second-order valence-corrected chi connectivity index (χ2v) is 7.34. The van der Waals surface area contributed by atoms with Crippen LogP contribution in [0.15, 0.2) is 29.6 Å². The number of hydrogen-bond donors (Lipinski definition) is 2. The molecule has 0 fully saturated rings. The lowest BCUT2D eigenvalue weighted by molar-refractivity contribution is 0.252. The van der Waals surface area contributed by atoms with Crippen molar-refractivity contribution in [3.05, 3.63) is 45.9 Å². The van der Waals surface area contributed by atoms with Gasteiger partial charge >= 0.3 is 6.03 Å². The van der Waals surface area contributed by atoms with Gasteiger partial charge in [0.15, 0.2) is 5.13 Å². The van der Waals surface area contributed by atoms with Crippen molar-refractivity contribution in [2.45, 2.75) is 32.6 Å². The average Bonchev–Trinajstić information content (AvgIpc) is 2.87. The summed E-state index contributed by atoms with van der Waals surface area (Å²) in [5, 5.41) is 8.88. The number of thiazole rings is 1. The first-order valence-corrected chi connectivity index (χ1v) is 8.35. The van der Waals surface area contributed by atoms with Crippen molar-refractivity contribution < 1.29 is 4.79 Å². The summed E-state index contributed by atoms with van der Waals surface area (Å²) in [6, 6.07) is 7.39. The fourth-order valence-corrected chi connectivity index (χ4v) is 2.97. The predicted molar refractivity (Wildman–Crippen MR) is 93.0 cm³/mol. The number of nitrogens with zero attached hydrogens (tertiary/aromatic N) is 1. The summed E-state index contributed by atoms with van der Waals surface area (Å²) in [7, 11) is 0. The molecule has 6 heteroatoms. The zero-order valence-corrected chi connectivity index (χ0v) is 14.5. The molecule has 0 spiro atoms. The van der Waals surface area contributed by atoms with Gasteiger partial charge in [0.05, 0.1) is 5.69 Å². The Labute approximate surface area is 139 Å². The van der Waals surface area contributed by atoms with Gasteiger partial charge in [0.1, 0.15) is 0 Å². The fourth-order valence-electron chi connectivity index (χ4n) is 1.83. The summed E-state index contributed by atoms with van der Waals surface area (Å²) in [5.41, 5.74) is 2.06. The van der Waals surface area contributed by atoms with E-state index in [1.54, 1.807) is 0 Å². The average molecular weight is 338 g/mol. The van der Waals surface area contributed by atoms with Crippen molar-refractivity contribution in [2.24, 2.45) is 0 Å². The van der Waals surface area contributed by atoms with E-state index in [4.69, 9.17) is 11.6 Å². The van der Waals surface area contributed by atoms with Gasteiger partial charge in [-0.1, -0.05) is 44.5 Å². The maximum Gasteiger partial charge on any atom is 0.321 e. The van der Waals surface area contributed by atoms with Crippen LogP contribution in [0.3, 0.4) is 0 Å². The highest BCUT2D eigenvalue weighted by atomic mass is 35.5. The third kappa shape index (κ3) is 5.00. The largest absolute Gasteiger partial charge is 0.337 e. The van der Waals surface area contributed by atoms with Gasteiger partial charge in [-0.3, -0.25) is 5.32 Å². The topological polar surface area (TPSA) is 54.0 Å². The highest BCUT2D eigenvalue weighted by Crippen LogP contribution is 2.26. The van der Waals surface area contributed by atoms with Crippen LogP contribution in [0.25, 0.3) is 0 Å². The van der Waals surface area contributed by atoms with Gasteiger partial charge < -0.3 is 5.32 Å². The summed E-state index contributed by atoms with van der Waals surface area (Å²) < 4.78 is 0. The lowest BCUT2D eigenvalue weighted by Crippen LogP contribution is -2.30. The maximum absolute atomic E-state index is 11.8. The van der Waals surface area contributed by atoms with E-state index in [0.717, 1.165) is 17.7 Å². The second-order valence-electron chi connectivity index (χ2n) is 6.05. The van der Waals surface area contributed by atoms with Gasteiger partial charge in [0.25, 0.3) is 0 Å². The lowest BCUT2D eigenvalue weighted by Gasteiger charge is -2.14. The SMILES string of the molecule is CC(C)(C)c1csc(NC(=O)NCCc2cccc(Cl)c2)n1. The molecule has 4 nitrogen and oxygen atoms in total. The smallest absolute Gasteiger partial charge is 0.321 e. The van der Waals surface area contributed by atoms with Crippen LogP contribution in [0, 0.1) is 0 Å². The monoisotopic (exact) mass is 337 g/mol. The standard InChI is InChI=1S/C16H20ClN3OS/c1-16(2,3)13-10-22-15(19-13)20-14(21)18-8-7-11-5-4-6-12(17)9-11/h4-6,9-10H,7-8H2,1-3H3,(H2,18,19,20,21). The Morgan fingerprint density at radius 3 is 2.77 bits per heavy atom. The minimum Gasteiger partial charge on any atom is -0.337 e. The van der Waals surface area contributed by atoms with Gasteiger partial charge in [0.2, 0.25) is 0 Å². The van der Waals surface area contributed by atoms with Gasteiger partial charge in [0, 0.05) is 22.4 Å². The quantitative estimate of drug-likeness (QED) is 0.865. The fraction of sp³-hybridized carbons (Fsp3) is 0.375. The van der Waals surface area contributed by atoms with Gasteiger partial charge in [-0.2, -0.15) is 0 Å². The number of urea groups is 1. The van der Waals surface area contributed by atoms with Crippen molar-refractivity contribution in [2.75, 3.05) is 11.9 Å². The molecule has 1 aromatic carbocycles. The lowest BCUT2D eigenvalue weighted by atomic mass is 9.93. The Kier molecular flexibility index (Phi) is 5.42. The Balaban J connectivity index is 1.80. The molecule has 1 aromatic heterocycles. The molecule has 1 heterocycles. The number of halogens is 1. The van der Waals surface area contributed by atoms with Crippen molar-refractivity contribution in [3.63, 3.8) is 0 Å². The van der Waals surface area contributed by atoms with Crippen LogP contribution in [-0.2, 0) is 11.8 Å². The minimum atomic E-state index is -0.239. The van der Waals surface area contributed by atoms with E-state index in [1.165, 1.54) is 11.3 Å². The third-order valence-electron chi connectivity index (χ3n) is 3.08. The molecule has 0 unspecified atom stereocenters. The number of hydrogen-bond acceptors (Lipinski definition) is 3. The molecule has 22 heavy (non-hydrogen) atoms. The van der Waals surface area contributed by atoms with Gasteiger partial charge in [-0.15, -0.1) is 11.3 Å². The molecule has 0 saturated heterocycles. The zero-order chi connectivity index (χ0) is 16.2. The van der Waals surface area contributed by atoms with Crippen molar-refractivity contribution in [1.82, 2.24) is 10.3 Å². The Morgan fingerprint density at radius 2 is 2.14 bits per heavy atom. The third-order valence-corrected chi connectivity index (χ3v) is 4.07. The molecule has 0 bridgehead atoms. The van der Waals surface area contributed by atoms with E-state index >= 15 is 0 Å². The molecule has 0 aliphatic rings. The number of nitrogens with one attached hydrogen (secondary N) is 2. The van der Waals surface area contributed by atoms with Crippen LogP contribution in [0.4, 0.5) is 9.93 Å². The van der Waals surface area contributed by atoms with Crippen LogP contribution in [0.2, 0.25) is 5.02 Å². The van der Waals surface area contributed by atoms with Crippen molar-refractivity contribution in [3.8, 4) is 0 Å². The van der Waals surface area contributed by atoms with E-state index in [9.17, 15) is 4.79 Å².